The third-order valence-electron chi connectivity index (χ3n) is 6.47. The summed E-state index contributed by atoms with van der Waals surface area (Å²) in [6.07, 6.45) is 1.69. The molecule has 2 heterocycles. The highest BCUT2D eigenvalue weighted by atomic mass is 19.3. The molecule has 1 saturated carbocycles. The van der Waals surface area contributed by atoms with Gasteiger partial charge in [-0.05, 0) is 24.0 Å². The van der Waals surface area contributed by atoms with Gasteiger partial charge in [0.15, 0.2) is 5.60 Å². The minimum Gasteiger partial charge on any atom is -0.495 e. The third kappa shape index (κ3) is 2.43. The molecule has 3 aromatic rings. The molecular weight excluding hydrogens is 388 g/mol. The van der Waals surface area contributed by atoms with Gasteiger partial charge < -0.3 is 14.6 Å². The maximum absolute atomic E-state index is 13.2. The van der Waals surface area contributed by atoms with E-state index in [9.17, 15) is 13.9 Å². The number of pyridine rings is 1. The lowest BCUT2D eigenvalue weighted by atomic mass is 9.71. The van der Waals surface area contributed by atoms with Crippen LogP contribution in [0.2, 0.25) is 0 Å². The molecule has 2 aromatic carbocycles. The number of aromatic nitrogens is 1. The lowest BCUT2D eigenvalue weighted by Gasteiger charge is -2.40. The second-order valence-electron chi connectivity index (χ2n) is 7.84. The van der Waals surface area contributed by atoms with E-state index in [0.717, 1.165) is 5.56 Å². The average molecular weight is 409 g/mol. The zero-order chi connectivity index (χ0) is 20.9. The zero-order valence-electron chi connectivity index (χ0n) is 16.4. The Hall–Kier alpha value is -2.99. The molecule has 1 aliphatic carbocycles. The minimum absolute atomic E-state index is 0.0669. The van der Waals surface area contributed by atoms with E-state index in [-0.39, 0.29) is 11.5 Å². The number of hydrogen-bond acceptors (Lipinski definition) is 4. The first-order valence-electron chi connectivity index (χ1n) is 9.88. The van der Waals surface area contributed by atoms with Crippen LogP contribution in [0, 0.1) is 0 Å². The molecule has 0 bridgehead atoms. The van der Waals surface area contributed by atoms with Crippen molar-refractivity contribution in [3.05, 3.63) is 89.2 Å². The molecule has 154 valence electrons. The Kier molecular flexibility index (Phi) is 4.29. The van der Waals surface area contributed by atoms with Gasteiger partial charge in [0, 0.05) is 11.5 Å². The van der Waals surface area contributed by atoms with Gasteiger partial charge in [-0.3, -0.25) is 4.98 Å². The number of ether oxygens (including phenoxy) is 2. The van der Waals surface area contributed by atoms with E-state index < -0.39 is 17.6 Å². The zero-order valence-corrected chi connectivity index (χ0v) is 16.4. The molecule has 2 aliphatic rings. The standard InChI is InChI=1S/C24H21F2NO3/c1-29-19-13-27-14-20-21(19)23(28)12-11-18(15-5-3-2-4-6-15)24(23,30-20)17-9-7-16(8-10-17)22(25)26/h2-10,13-14,18,22,28H,11-12H2,1H3/t18?,23?,24-/m0/s1. The van der Waals surface area contributed by atoms with Gasteiger partial charge in [0.2, 0.25) is 0 Å². The summed E-state index contributed by atoms with van der Waals surface area (Å²) in [6.45, 7) is 0. The summed E-state index contributed by atoms with van der Waals surface area (Å²) in [5.74, 6) is 0.725. The van der Waals surface area contributed by atoms with E-state index in [0.29, 0.717) is 35.5 Å². The van der Waals surface area contributed by atoms with Crippen LogP contribution in [-0.4, -0.2) is 17.2 Å². The number of hydrogen-bond donors (Lipinski definition) is 1. The van der Waals surface area contributed by atoms with Crippen LogP contribution in [0.5, 0.6) is 11.5 Å². The van der Waals surface area contributed by atoms with Crippen LogP contribution in [0.4, 0.5) is 8.78 Å². The molecule has 0 spiro atoms. The number of halogens is 2. The first-order chi connectivity index (χ1) is 14.5. The summed E-state index contributed by atoms with van der Waals surface area (Å²) in [4.78, 5) is 4.19. The fourth-order valence-electron chi connectivity index (χ4n) is 5.19. The van der Waals surface area contributed by atoms with E-state index in [1.165, 1.54) is 19.2 Å². The van der Waals surface area contributed by atoms with Crippen LogP contribution < -0.4 is 9.47 Å². The molecule has 0 saturated heterocycles. The largest absolute Gasteiger partial charge is 0.495 e. The molecule has 30 heavy (non-hydrogen) atoms. The van der Waals surface area contributed by atoms with Gasteiger partial charge in [0.1, 0.15) is 17.1 Å². The normalized spacial score (nSPS) is 26.9. The monoisotopic (exact) mass is 409 g/mol. The first kappa shape index (κ1) is 19.0. The SMILES string of the molecule is COc1cncc2c1C1(O)CCC(c3ccccc3)[C@]1(c1ccc(C(F)F)cc1)O2. The van der Waals surface area contributed by atoms with Crippen molar-refractivity contribution in [1.29, 1.82) is 0 Å². The van der Waals surface area contributed by atoms with Crippen LogP contribution in [-0.2, 0) is 11.2 Å². The van der Waals surface area contributed by atoms with Gasteiger partial charge in [-0.1, -0.05) is 54.6 Å². The fraction of sp³-hybridized carbons (Fsp3) is 0.292. The van der Waals surface area contributed by atoms with E-state index in [2.05, 4.69) is 4.98 Å². The van der Waals surface area contributed by atoms with Crippen molar-refractivity contribution in [1.82, 2.24) is 4.98 Å². The Morgan fingerprint density at radius 1 is 1.10 bits per heavy atom. The Morgan fingerprint density at radius 3 is 2.50 bits per heavy atom. The molecular formula is C24H21F2NO3. The number of benzene rings is 2. The van der Waals surface area contributed by atoms with Gasteiger partial charge in [-0.25, -0.2) is 8.78 Å². The maximum Gasteiger partial charge on any atom is 0.263 e. The molecule has 1 aliphatic heterocycles. The highest BCUT2D eigenvalue weighted by molar-refractivity contribution is 5.57. The highest BCUT2D eigenvalue weighted by Crippen LogP contribution is 2.67. The summed E-state index contributed by atoms with van der Waals surface area (Å²) in [7, 11) is 1.53. The molecule has 6 heteroatoms. The average Bonchev–Trinajstić information content (AvgIpc) is 3.21. The highest BCUT2D eigenvalue weighted by Gasteiger charge is 2.69. The topological polar surface area (TPSA) is 51.6 Å². The summed E-state index contributed by atoms with van der Waals surface area (Å²) < 4.78 is 38.4. The Labute approximate surface area is 173 Å². The van der Waals surface area contributed by atoms with Crippen molar-refractivity contribution >= 4 is 0 Å². The Balaban J connectivity index is 1.75. The van der Waals surface area contributed by atoms with Gasteiger partial charge in [0.25, 0.3) is 6.43 Å². The lowest BCUT2D eigenvalue weighted by Crippen LogP contribution is -2.48. The fourth-order valence-corrected chi connectivity index (χ4v) is 5.19. The van der Waals surface area contributed by atoms with Crippen LogP contribution in [0.15, 0.2) is 67.0 Å². The third-order valence-corrected chi connectivity index (χ3v) is 6.47. The molecule has 1 fully saturated rings. The van der Waals surface area contributed by atoms with E-state index >= 15 is 0 Å². The molecule has 1 N–H and O–H groups in total. The van der Waals surface area contributed by atoms with Crippen molar-refractivity contribution in [2.45, 2.75) is 36.4 Å². The summed E-state index contributed by atoms with van der Waals surface area (Å²) in [5.41, 5.74) is -0.388. The van der Waals surface area contributed by atoms with Crippen LogP contribution in [0.1, 0.15) is 47.4 Å². The number of methoxy groups -OCH3 is 1. The number of fused-ring (bicyclic) bond motifs is 3. The summed E-state index contributed by atoms with van der Waals surface area (Å²) in [6, 6.07) is 15.9. The van der Waals surface area contributed by atoms with Gasteiger partial charge in [-0.15, -0.1) is 0 Å². The first-order valence-corrected chi connectivity index (χ1v) is 9.88. The molecule has 0 amide bonds. The van der Waals surface area contributed by atoms with Crippen LogP contribution in [0.3, 0.4) is 0 Å². The van der Waals surface area contributed by atoms with E-state index in [4.69, 9.17) is 9.47 Å². The van der Waals surface area contributed by atoms with E-state index in [1.807, 2.05) is 30.3 Å². The Bertz CT molecular complexity index is 1070. The molecule has 3 atom stereocenters. The minimum atomic E-state index is -2.56. The smallest absolute Gasteiger partial charge is 0.263 e. The van der Waals surface area contributed by atoms with Crippen molar-refractivity contribution in [2.75, 3.05) is 7.11 Å². The van der Waals surface area contributed by atoms with Crippen molar-refractivity contribution in [2.24, 2.45) is 0 Å². The molecule has 1 aromatic heterocycles. The number of rotatable bonds is 4. The van der Waals surface area contributed by atoms with Gasteiger partial charge in [-0.2, -0.15) is 0 Å². The molecule has 4 nitrogen and oxygen atoms in total. The second-order valence-corrected chi connectivity index (χ2v) is 7.84. The number of nitrogens with zero attached hydrogens (tertiary/aromatic N) is 1. The maximum atomic E-state index is 13.2. The predicted octanol–water partition coefficient (Wildman–Crippen LogP) is 5.08. The molecule has 0 radical (unpaired) electrons. The van der Waals surface area contributed by atoms with Crippen molar-refractivity contribution < 1.29 is 23.4 Å². The summed E-state index contributed by atoms with van der Waals surface area (Å²) >= 11 is 0. The summed E-state index contributed by atoms with van der Waals surface area (Å²) in [5, 5.41) is 12.1. The van der Waals surface area contributed by atoms with Crippen molar-refractivity contribution in [3.63, 3.8) is 0 Å². The van der Waals surface area contributed by atoms with Crippen LogP contribution in [0.25, 0.3) is 0 Å². The van der Waals surface area contributed by atoms with Crippen LogP contribution >= 0.6 is 0 Å². The van der Waals surface area contributed by atoms with Gasteiger partial charge in [0.05, 0.1) is 25.1 Å². The second kappa shape index (κ2) is 6.77. The molecule has 5 rings (SSSR count). The van der Waals surface area contributed by atoms with Gasteiger partial charge >= 0.3 is 0 Å². The predicted molar refractivity (Wildman–Crippen MR) is 107 cm³/mol. The number of alkyl halides is 2. The van der Waals surface area contributed by atoms with E-state index in [1.54, 1.807) is 24.5 Å². The quantitative estimate of drug-likeness (QED) is 0.653. The Morgan fingerprint density at radius 2 is 1.83 bits per heavy atom. The number of aliphatic hydroxyl groups is 1. The molecule has 2 unspecified atom stereocenters. The van der Waals surface area contributed by atoms with Crippen molar-refractivity contribution in [3.8, 4) is 11.5 Å². The lowest BCUT2D eigenvalue weighted by molar-refractivity contribution is -0.106.